The van der Waals surface area contributed by atoms with Gasteiger partial charge in [-0.25, -0.2) is 8.42 Å². The van der Waals surface area contributed by atoms with Crippen LogP contribution < -0.4 is 4.72 Å². The zero-order valence-corrected chi connectivity index (χ0v) is 20.3. The van der Waals surface area contributed by atoms with E-state index in [1.807, 2.05) is 78.9 Å². The number of nitrogens with zero attached hydrogens (tertiary/aromatic N) is 2. The Bertz CT molecular complexity index is 1500. The summed E-state index contributed by atoms with van der Waals surface area (Å²) in [6, 6.07) is 21.8. The van der Waals surface area contributed by atoms with Crippen molar-refractivity contribution in [1.82, 2.24) is 9.47 Å². The first-order valence-electron chi connectivity index (χ1n) is 11.4. The average Bonchev–Trinajstić information content (AvgIpc) is 3.25. The number of aromatic nitrogens is 1. The van der Waals surface area contributed by atoms with Crippen molar-refractivity contribution >= 4 is 32.7 Å². The molecule has 5 rings (SSSR count). The van der Waals surface area contributed by atoms with E-state index in [1.54, 1.807) is 24.3 Å². The summed E-state index contributed by atoms with van der Waals surface area (Å²) in [5, 5.41) is 0.919. The molecule has 0 saturated carbocycles. The Hall–Kier alpha value is -3.58. The molecule has 1 atom stereocenters. The van der Waals surface area contributed by atoms with Crippen molar-refractivity contribution in [3.63, 3.8) is 0 Å². The lowest BCUT2D eigenvalue weighted by molar-refractivity contribution is 0.0751. The molecule has 2 heterocycles. The molecular weight excluding hydrogens is 446 g/mol. The highest BCUT2D eigenvalue weighted by Crippen LogP contribution is 2.45. The van der Waals surface area contributed by atoms with E-state index >= 15 is 0 Å². The van der Waals surface area contributed by atoms with Crippen LogP contribution in [0.2, 0.25) is 0 Å². The number of rotatable bonds is 6. The Kier molecular flexibility index (Phi) is 5.44. The molecule has 1 aliphatic rings. The highest BCUT2D eigenvalue weighted by atomic mass is 32.2. The summed E-state index contributed by atoms with van der Waals surface area (Å²) in [6.07, 6.45) is 0.797. The van der Waals surface area contributed by atoms with E-state index in [9.17, 15) is 13.2 Å². The van der Waals surface area contributed by atoms with Gasteiger partial charge in [-0.1, -0.05) is 61.0 Å². The second-order valence-corrected chi connectivity index (χ2v) is 10.4. The van der Waals surface area contributed by atoms with E-state index in [0.29, 0.717) is 17.9 Å². The van der Waals surface area contributed by atoms with Gasteiger partial charge in [-0.3, -0.25) is 9.52 Å². The van der Waals surface area contributed by atoms with Gasteiger partial charge in [0.2, 0.25) is 0 Å². The van der Waals surface area contributed by atoms with E-state index in [4.69, 9.17) is 0 Å². The Labute approximate surface area is 199 Å². The summed E-state index contributed by atoms with van der Waals surface area (Å²) in [6.45, 7) is 4.53. The number of sulfonamides is 1. The van der Waals surface area contributed by atoms with Gasteiger partial charge in [0.1, 0.15) is 5.82 Å². The largest absolute Gasteiger partial charge is 0.330 e. The standard InChI is InChI=1S/C27H27N3O3S/c1-4-17-30-25(20-9-5-6-10-21(20)27(30)31)24-22-11-7-8-12-23(22)29(3)26(24)28-34(32,33)19-15-13-18(2)14-16-19/h5-16,25,28H,4,17H2,1-3H3. The maximum Gasteiger partial charge on any atom is 0.263 e. The first-order chi connectivity index (χ1) is 16.3. The number of fused-ring (bicyclic) bond motifs is 2. The van der Waals surface area contributed by atoms with Crippen molar-refractivity contribution in [2.24, 2.45) is 7.05 Å². The minimum Gasteiger partial charge on any atom is -0.330 e. The van der Waals surface area contributed by atoms with Gasteiger partial charge in [0, 0.05) is 35.6 Å². The molecule has 1 aliphatic heterocycles. The molecule has 6 nitrogen and oxygen atoms in total. The van der Waals surface area contributed by atoms with Crippen molar-refractivity contribution in [1.29, 1.82) is 0 Å². The van der Waals surface area contributed by atoms with Gasteiger partial charge >= 0.3 is 0 Å². The number of nitrogens with one attached hydrogen (secondary N) is 1. The quantitative estimate of drug-likeness (QED) is 0.416. The highest BCUT2D eigenvalue weighted by molar-refractivity contribution is 7.92. The van der Waals surface area contributed by atoms with Crippen LogP contribution in [-0.2, 0) is 17.1 Å². The number of amides is 1. The number of anilines is 1. The first kappa shape index (κ1) is 22.2. The molecule has 1 aromatic heterocycles. The van der Waals surface area contributed by atoms with Gasteiger partial charge in [-0.15, -0.1) is 0 Å². The number of carbonyl (C=O) groups excluding carboxylic acids is 1. The van der Waals surface area contributed by atoms with Crippen LogP contribution in [0.1, 0.15) is 46.4 Å². The minimum atomic E-state index is -3.85. The van der Waals surface area contributed by atoms with Crippen LogP contribution in [-0.4, -0.2) is 30.3 Å². The third-order valence-electron chi connectivity index (χ3n) is 6.50. The van der Waals surface area contributed by atoms with Crippen molar-refractivity contribution in [2.45, 2.75) is 31.2 Å². The van der Waals surface area contributed by atoms with Crippen LogP contribution in [0.3, 0.4) is 0 Å². The monoisotopic (exact) mass is 473 g/mol. The second kappa shape index (κ2) is 8.33. The van der Waals surface area contributed by atoms with Crippen molar-refractivity contribution in [3.05, 3.63) is 95.1 Å². The number of benzene rings is 3. The van der Waals surface area contributed by atoms with Crippen molar-refractivity contribution < 1.29 is 13.2 Å². The first-order valence-corrected chi connectivity index (χ1v) is 12.9. The molecule has 4 aromatic rings. The topological polar surface area (TPSA) is 71.4 Å². The number of hydrogen-bond acceptors (Lipinski definition) is 3. The van der Waals surface area contributed by atoms with Crippen molar-refractivity contribution in [3.8, 4) is 0 Å². The van der Waals surface area contributed by atoms with Gasteiger partial charge in [0.05, 0.1) is 10.9 Å². The molecule has 1 unspecified atom stereocenters. The highest BCUT2D eigenvalue weighted by Gasteiger charge is 2.40. The van der Waals surface area contributed by atoms with E-state index < -0.39 is 10.0 Å². The normalized spacial score (nSPS) is 15.7. The average molecular weight is 474 g/mol. The van der Waals surface area contributed by atoms with Gasteiger partial charge < -0.3 is 9.47 Å². The Morgan fingerprint density at radius 3 is 2.35 bits per heavy atom. The summed E-state index contributed by atoms with van der Waals surface area (Å²) in [4.78, 5) is 15.4. The lowest BCUT2D eigenvalue weighted by Gasteiger charge is -2.26. The molecule has 3 aromatic carbocycles. The Morgan fingerprint density at radius 2 is 1.62 bits per heavy atom. The molecule has 0 spiro atoms. The van der Waals surface area contributed by atoms with Crippen LogP contribution >= 0.6 is 0 Å². The Balaban J connectivity index is 1.74. The maximum atomic E-state index is 13.4. The molecule has 174 valence electrons. The van der Waals surface area contributed by atoms with Crippen LogP contribution in [0, 0.1) is 6.92 Å². The minimum absolute atomic E-state index is 0.0253. The predicted molar refractivity (Wildman–Crippen MR) is 135 cm³/mol. The summed E-state index contributed by atoms with van der Waals surface area (Å²) in [7, 11) is -1.99. The van der Waals surface area contributed by atoms with Crippen LogP contribution in [0.25, 0.3) is 10.9 Å². The molecule has 0 fully saturated rings. The van der Waals surface area contributed by atoms with Gasteiger partial charge in [0.15, 0.2) is 0 Å². The fraction of sp³-hybridized carbons (Fsp3) is 0.222. The molecule has 1 amide bonds. The van der Waals surface area contributed by atoms with Gasteiger partial charge in [0.25, 0.3) is 15.9 Å². The molecule has 0 radical (unpaired) electrons. The van der Waals surface area contributed by atoms with Crippen LogP contribution in [0.4, 0.5) is 5.82 Å². The second-order valence-electron chi connectivity index (χ2n) is 8.75. The van der Waals surface area contributed by atoms with Crippen LogP contribution in [0.5, 0.6) is 0 Å². The summed E-state index contributed by atoms with van der Waals surface area (Å²) in [5.74, 6) is 0.445. The molecule has 1 N–H and O–H groups in total. The number of carbonyl (C=O) groups is 1. The zero-order chi connectivity index (χ0) is 24.0. The maximum absolute atomic E-state index is 13.4. The fourth-order valence-electron chi connectivity index (χ4n) is 4.88. The SMILES string of the molecule is CCCN1C(=O)c2ccccc2C1c1c(NS(=O)(=O)c2ccc(C)cc2)n(C)c2ccccc12. The lowest BCUT2D eigenvalue weighted by atomic mass is 9.96. The smallest absolute Gasteiger partial charge is 0.263 e. The predicted octanol–water partition coefficient (Wildman–Crippen LogP) is 5.24. The molecule has 0 bridgehead atoms. The molecular formula is C27H27N3O3S. The molecule has 0 aliphatic carbocycles. The zero-order valence-electron chi connectivity index (χ0n) is 19.4. The Morgan fingerprint density at radius 1 is 0.941 bits per heavy atom. The summed E-state index contributed by atoms with van der Waals surface area (Å²) < 4.78 is 31.6. The number of hydrogen-bond donors (Lipinski definition) is 1. The van der Waals surface area contributed by atoms with Crippen molar-refractivity contribution in [2.75, 3.05) is 11.3 Å². The number of aryl methyl sites for hydroxylation is 2. The number of para-hydroxylation sites is 1. The van der Waals surface area contributed by atoms with E-state index in [-0.39, 0.29) is 16.8 Å². The molecule has 34 heavy (non-hydrogen) atoms. The fourth-order valence-corrected chi connectivity index (χ4v) is 5.99. The summed E-state index contributed by atoms with van der Waals surface area (Å²) >= 11 is 0. The van der Waals surface area contributed by atoms with E-state index in [1.165, 1.54) is 0 Å². The van der Waals surface area contributed by atoms with Gasteiger partial charge in [-0.2, -0.15) is 0 Å². The van der Waals surface area contributed by atoms with Gasteiger partial charge in [-0.05, 0) is 43.2 Å². The summed E-state index contributed by atoms with van der Waals surface area (Å²) in [5.41, 5.74) is 4.24. The molecule has 7 heteroatoms. The molecule has 0 saturated heterocycles. The third-order valence-corrected chi connectivity index (χ3v) is 7.86. The lowest BCUT2D eigenvalue weighted by Crippen LogP contribution is -2.30. The van der Waals surface area contributed by atoms with E-state index in [2.05, 4.69) is 4.72 Å². The van der Waals surface area contributed by atoms with E-state index in [0.717, 1.165) is 34.0 Å². The third kappa shape index (κ3) is 3.47. The van der Waals surface area contributed by atoms with Crippen LogP contribution in [0.15, 0.2) is 77.7 Å².